The molecule has 41 heavy (non-hydrogen) atoms. The molecule has 2 atom stereocenters. The Balaban J connectivity index is 4.03. The molecule has 0 aliphatic carbocycles. The van der Waals surface area contributed by atoms with Crippen LogP contribution in [0.4, 0.5) is 0 Å². The second-order valence-corrected chi connectivity index (χ2v) is 12.1. The number of Topliss-reactive ketones (excluding diaryl/α,β-unsaturated/α-hetero) is 1. The van der Waals surface area contributed by atoms with Crippen LogP contribution in [0.3, 0.4) is 0 Å². The summed E-state index contributed by atoms with van der Waals surface area (Å²) in [4.78, 5) is 48.6. The Bertz CT molecular complexity index is 689. The van der Waals surface area contributed by atoms with Gasteiger partial charge in [0, 0.05) is 30.8 Å². The molecule has 0 aromatic carbocycles. The number of carbonyl (C=O) groups excluding carboxylic acids is 4. The minimum absolute atomic E-state index is 0.108. The van der Waals surface area contributed by atoms with E-state index in [4.69, 9.17) is 4.74 Å². The first kappa shape index (κ1) is 39.4. The molecule has 0 aromatic heterocycles. The van der Waals surface area contributed by atoms with Gasteiger partial charge in [-0.25, -0.2) is 0 Å². The first-order valence-electron chi connectivity index (χ1n) is 16.1. The van der Waals surface area contributed by atoms with Gasteiger partial charge in [0.1, 0.15) is 6.61 Å². The minimum atomic E-state index is -0.648. The Morgan fingerprint density at radius 1 is 0.756 bits per heavy atom. The molecular weight excluding hydrogens is 542 g/mol. The number of ether oxygens (including phenoxy) is 2. The van der Waals surface area contributed by atoms with Gasteiger partial charge in [-0.2, -0.15) is 11.8 Å². The number of methoxy groups -OCH3 is 1. The van der Waals surface area contributed by atoms with E-state index in [0.717, 1.165) is 12.8 Å². The second kappa shape index (κ2) is 28.5. The van der Waals surface area contributed by atoms with Gasteiger partial charge in [0.2, 0.25) is 5.91 Å². The second-order valence-electron chi connectivity index (χ2n) is 10.9. The Morgan fingerprint density at radius 3 is 1.88 bits per heavy atom. The third-order valence-corrected chi connectivity index (χ3v) is 8.22. The summed E-state index contributed by atoms with van der Waals surface area (Å²) in [6, 6.07) is -0.633. The van der Waals surface area contributed by atoms with Crippen molar-refractivity contribution in [2.75, 3.05) is 31.8 Å². The summed E-state index contributed by atoms with van der Waals surface area (Å²) in [5.41, 5.74) is 0. The molecule has 1 amide bonds. The molecule has 0 spiro atoms. The smallest absolute Gasteiger partial charge is 0.310 e. The zero-order valence-corrected chi connectivity index (χ0v) is 27.0. The number of amides is 1. The van der Waals surface area contributed by atoms with Gasteiger partial charge in [0.25, 0.3) is 0 Å². The molecule has 0 unspecified atom stereocenters. The lowest BCUT2D eigenvalue weighted by atomic mass is 10.00. The highest BCUT2D eigenvalue weighted by molar-refractivity contribution is 7.99. The predicted molar refractivity (Wildman–Crippen MR) is 167 cm³/mol. The molecule has 0 radical (unpaired) electrons. The molecule has 0 aliphatic rings. The predicted octanol–water partition coefficient (Wildman–Crippen LogP) is 6.55. The molecule has 0 aliphatic heterocycles. The van der Waals surface area contributed by atoms with Gasteiger partial charge in [-0.15, -0.1) is 0 Å². The molecular formula is C32H59NO7S. The number of aliphatic hydroxyl groups excluding tert-OH is 1. The number of esters is 2. The highest BCUT2D eigenvalue weighted by Crippen LogP contribution is 2.15. The fourth-order valence-electron chi connectivity index (χ4n) is 4.63. The monoisotopic (exact) mass is 601 g/mol. The maximum Gasteiger partial charge on any atom is 0.310 e. The highest BCUT2D eigenvalue weighted by atomic mass is 32.2. The first-order chi connectivity index (χ1) is 19.9. The Morgan fingerprint density at radius 2 is 1.34 bits per heavy atom. The molecule has 0 saturated carbocycles. The minimum Gasteiger partial charge on any atom is -0.469 e. The number of aliphatic hydroxyl groups is 1. The zero-order chi connectivity index (χ0) is 30.6. The van der Waals surface area contributed by atoms with Crippen molar-refractivity contribution in [1.82, 2.24) is 5.32 Å². The van der Waals surface area contributed by atoms with Crippen LogP contribution >= 0.6 is 11.8 Å². The van der Waals surface area contributed by atoms with Crippen LogP contribution in [-0.4, -0.2) is 66.6 Å². The quantitative estimate of drug-likeness (QED) is 0.0732. The van der Waals surface area contributed by atoms with Crippen LogP contribution in [0.15, 0.2) is 0 Å². The van der Waals surface area contributed by atoms with E-state index < -0.39 is 17.9 Å². The van der Waals surface area contributed by atoms with Gasteiger partial charge in [-0.1, -0.05) is 90.9 Å². The number of unbranched alkanes of at least 4 members (excludes halogenated alkanes) is 12. The summed E-state index contributed by atoms with van der Waals surface area (Å²) in [5.74, 6) is -0.655. The van der Waals surface area contributed by atoms with E-state index >= 15 is 0 Å². The van der Waals surface area contributed by atoms with Crippen molar-refractivity contribution in [1.29, 1.82) is 0 Å². The van der Waals surface area contributed by atoms with E-state index in [1.807, 2.05) is 6.92 Å². The molecule has 240 valence electrons. The van der Waals surface area contributed by atoms with Gasteiger partial charge < -0.3 is 19.9 Å². The fraction of sp³-hybridized carbons (Fsp3) is 0.875. The average Bonchev–Trinajstić information content (AvgIpc) is 2.96. The van der Waals surface area contributed by atoms with Crippen molar-refractivity contribution >= 4 is 35.4 Å². The third kappa shape index (κ3) is 23.6. The van der Waals surface area contributed by atoms with Crippen molar-refractivity contribution in [2.45, 2.75) is 142 Å². The van der Waals surface area contributed by atoms with Crippen LogP contribution in [-0.2, 0) is 28.7 Å². The van der Waals surface area contributed by atoms with Crippen molar-refractivity contribution in [2.24, 2.45) is 5.92 Å². The molecule has 2 N–H and O–H groups in total. The molecule has 0 heterocycles. The summed E-state index contributed by atoms with van der Waals surface area (Å²) in [6.45, 7) is 4.11. The van der Waals surface area contributed by atoms with Crippen molar-refractivity contribution in [3.05, 3.63) is 0 Å². The maximum absolute atomic E-state index is 12.8. The van der Waals surface area contributed by atoms with E-state index in [9.17, 15) is 24.3 Å². The van der Waals surface area contributed by atoms with Gasteiger partial charge in [-0.05, 0) is 25.7 Å². The van der Waals surface area contributed by atoms with E-state index in [0.29, 0.717) is 43.6 Å². The van der Waals surface area contributed by atoms with Crippen molar-refractivity contribution in [3.63, 3.8) is 0 Å². The normalized spacial score (nSPS) is 12.5. The highest BCUT2D eigenvalue weighted by Gasteiger charge is 2.22. The van der Waals surface area contributed by atoms with Gasteiger partial charge >= 0.3 is 11.9 Å². The van der Waals surface area contributed by atoms with Crippen molar-refractivity contribution < 1.29 is 33.8 Å². The lowest BCUT2D eigenvalue weighted by molar-refractivity contribution is -0.147. The average molecular weight is 602 g/mol. The Kier molecular flexibility index (Phi) is 27.4. The van der Waals surface area contributed by atoms with Crippen LogP contribution in [0.2, 0.25) is 0 Å². The van der Waals surface area contributed by atoms with Crippen LogP contribution in [0.25, 0.3) is 0 Å². The number of thioether (sulfide) groups is 1. The number of hydrogen-bond acceptors (Lipinski definition) is 8. The zero-order valence-electron chi connectivity index (χ0n) is 26.2. The van der Waals surface area contributed by atoms with E-state index in [1.165, 1.54) is 89.5 Å². The topological polar surface area (TPSA) is 119 Å². The van der Waals surface area contributed by atoms with Crippen LogP contribution < -0.4 is 5.32 Å². The summed E-state index contributed by atoms with van der Waals surface area (Å²) in [7, 11) is 1.27. The van der Waals surface area contributed by atoms with E-state index in [2.05, 4.69) is 17.0 Å². The summed E-state index contributed by atoms with van der Waals surface area (Å²) in [6.07, 6.45) is 18.9. The summed E-state index contributed by atoms with van der Waals surface area (Å²) < 4.78 is 10.0. The number of hydrogen-bond donors (Lipinski definition) is 2. The lowest BCUT2D eigenvalue weighted by Gasteiger charge is -2.18. The third-order valence-electron chi connectivity index (χ3n) is 7.19. The Hall–Kier alpha value is -1.61. The van der Waals surface area contributed by atoms with Gasteiger partial charge in [0.15, 0.2) is 5.78 Å². The number of ketones is 1. The molecule has 8 nitrogen and oxygen atoms in total. The van der Waals surface area contributed by atoms with Crippen LogP contribution in [0.5, 0.6) is 0 Å². The maximum atomic E-state index is 12.8. The summed E-state index contributed by atoms with van der Waals surface area (Å²) >= 11 is 1.47. The number of carbonyl (C=O) groups is 4. The molecule has 0 bridgehead atoms. The summed E-state index contributed by atoms with van der Waals surface area (Å²) in [5, 5.41) is 12.2. The van der Waals surface area contributed by atoms with Crippen molar-refractivity contribution in [3.8, 4) is 0 Å². The fourth-order valence-corrected chi connectivity index (χ4v) is 5.50. The molecule has 9 heteroatoms. The Labute approximate surface area is 253 Å². The first-order valence-corrected chi connectivity index (χ1v) is 17.3. The standard InChI is InChI=1S/C32H59NO7S/c1-4-6-7-8-9-10-11-12-13-14-15-16-17-22-31(37)40-23-24-41-26-28(33-30(36)19-5-2)29(35)21-18-20-27(25-34)32(38)39-3/h27-28,34H,4-26H2,1-3H3,(H,33,36)/t27-,28-/m0/s1. The van der Waals surface area contributed by atoms with Crippen LogP contribution in [0, 0.1) is 5.92 Å². The molecule has 0 aromatic rings. The van der Waals surface area contributed by atoms with Crippen LogP contribution in [0.1, 0.15) is 136 Å². The molecule has 0 saturated heterocycles. The largest absolute Gasteiger partial charge is 0.469 e. The SMILES string of the molecule is CCCCCCCCCCCCCCCC(=O)OCCSC[C@H](NC(=O)CCC)C(=O)CCC[C@@H](CO)C(=O)OC. The lowest BCUT2D eigenvalue weighted by Crippen LogP contribution is -2.42. The van der Waals surface area contributed by atoms with Gasteiger partial charge in [0.05, 0.1) is 25.7 Å². The van der Waals surface area contributed by atoms with E-state index in [1.54, 1.807) is 0 Å². The van der Waals surface area contributed by atoms with Gasteiger partial charge in [-0.3, -0.25) is 19.2 Å². The van der Waals surface area contributed by atoms with E-state index in [-0.39, 0.29) is 37.3 Å². The number of rotatable bonds is 29. The molecule has 0 fully saturated rings. The molecule has 0 rings (SSSR count). The number of nitrogens with one attached hydrogen (secondary N) is 1.